The van der Waals surface area contributed by atoms with E-state index in [0.29, 0.717) is 6.10 Å². The van der Waals surface area contributed by atoms with Gasteiger partial charge in [0, 0.05) is 0 Å². The van der Waals surface area contributed by atoms with E-state index in [2.05, 4.69) is 6.92 Å². The number of hydrogen-bond acceptors (Lipinski definition) is 2. The van der Waals surface area contributed by atoms with Crippen molar-refractivity contribution >= 4 is 0 Å². The molecular weight excluding hydrogens is 140 g/mol. The predicted molar refractivity (Wildman–Crippen MR) is 43.9 cm³/mol. The molecule has 0 aromatic rings. The van der Waals surface area contributed by atoms with E-state index in [-0.39, 0.29) is 6.29 Å². The summed E-state index contributed by atoms with van der Waals surface area (Å²) >= 11 is 0. The van der Waals surface area contributed by atoms with Gasteiger partial charge >= 0.3 is 0 Å². The minimum Gasteiger partial charge on any atom is -0.349 e. The third kappa shape index (κ3) is 3.73. The fourth-order valence-corrected chi connectivity index (χ4v) is 0.974. The van der Waals surface area contributed by atoms with E-state index in [0.717, 1.165) is 12.8 Å². The molecule has 0 aliphatic heterocycles. The SMILES string of the molecule is C[CH]OC(CCC)OC1CC1. The molecule has 11 heavy (non-hydrogen) atoms. The maximum Gasteiger partial charge on any atom is 0.158 e. The molecule has 1 rings (SSSR count). The van der Waals surface area contributed by atoms with Crippen LogP contribution in [0.3, 0.4) is 0 Å². The van der Waals surface area contributed by atoms with Gasteiger partial charge in [0.25, 0.3) is 0 Å². The maximum atomic E-state index is 5.59. The Labute approximate surface area is 68.9 Å². The Morgan fingerprint density at radius 3 is 2.73 bits per heavy atom. The summed E-state index contributed by atoms with van der Waals surface area (Å²) in [5.74, 6) is 0. The Kier molecular flexibility index (Phi) is 3.87. The van der Waals surface area contributed by atoms with Gasteiger partial charge in [-0.2, -0.15) is 0 Å². The molecule has 0 heterocycles. The van der Waals surface area contributed by atoms with Crippen LogP contribution in [0.4, 0.5) is 0 Å². The van der Waals surface area contributed by atoms with Gasteiger partial charge in [0.15, 0.2) is 6.29 Å². The summed E-state index contributed by atoms with van der Waals surface area (Å²) in [6, 6.07) is 0. The molecule has 2 nitrogen and oxygen atoms in total. The van der Waals surface area contributed by atoms with E-state index in [4.69, 9.17) is 9.47 Å². The standard InChI is InChI=1S/C9H17O2/c1-3-5-9(10-4-2)11-8-6-7-8/h4,8-9H,3,5-7H2,1-2H3. The Bertz CT molecular complexity index is 93.7. The van der Waals surface area contributed by atoms with Crippen molar-refractivity contribution in [2.45, 2.75) is 51.9 Å². The summed E-state index contributed by atoms with van der Waals surface area (Å²) in [6.07, 6.45) is 5.05. The van der Waals surface area contributed by atoms with Gasteiger partial charge in [-0.15, -0.1) is 0 Å². The molecule has 2 heteroatoms. The smallest absolute Gasteiger partial charge is 0.158 e. The Hall–Kier alpha value is -0.0800. The lowest BCUT2D eigenvalue weighted by molar-refractivity contribution is -0.131. The molecule has 1 radical (unpaired) electrons. The molecular formula is C9H17O2. The van der Waals surface area contributed by atoms with Crippen LogP contribution in [0.15, 0.2) is 0 Å². The molecule has 0 N–H and O–H groups in total. The van der Waals surface area contributed by atoms with Gasteiger partial charge in [-0.1, -0.05) is 13.3 Å². The summed E-state index contributed by atoms with van der Waals surface area (Å²) in [5, 5.41) is 0. The van der Waals surface area contributed by atoms with Crippen LogP contribution in [0.25, 0.3) is 0 Å². The topological polar surface area (TPSA) is 18.5 Å². The molecule has 65 valence electrons. The number of rotatable bonds is 6. The molecule has 1 aliphatic rings. The predicted octanol–water partition coefficient (Wildman–Crippen LogP) is 2.49. The van der Waals surface area contributed by atoms with Crippen molar-refractivity contribution in [3.05, 3.63) is 6.61 Å². The van der Waals surface area contributed by atoms with Crippen molar-refractivity contribution in [1.82, 2.24) is 0 Å². The molecule has 1 aliphatic carbocycles. The second-order valence-corrected chi connectivity index (χ2v) is 2.93. The molecule has 1 saturated carbocycles. The second kappa shape index (κ2) is 4.73. The van der Waals surface area contributed by atoms with E-state index in [1.54, 1.807) is 6.61 Å². The van der Waals surface area contributed by atoms with Crippen molar-refractivity contribution in [2.75, 3.05) is 0 Å². The van der Waals surface area contributed by atoms with Gasteiger partial charge in [0.2, 0.25) is 0 Å². The Morgan fingerprint density at radius 1 is 1.55 bits per heavy atom. The van der Waals surface area contributed by atoms with E-state index < -0.39 is 0 Å². The molecule has 0 aromatic carbocycles. The first-order valence-electron chi connectivity index (χ1n) is 4.45. The zero-order valence-corrected chi connectivity index (χ0v) is 7.38. The third-order valence-electron chi connectivity index (χ3n) is 1.68. The Balaban J connectivity index is 2.08. The number of ether oxygens (including phenoxy) is 2. The van der Waals surface area contributed by atoms with Crippen molar-refractivity contribution in [2.24, 2.45) is 0 Å². The zero-order valence-electron chi connectivity index (χ0n) is 7.38. The third-order valence-corrected chi connectivity index (χ3v) is 1.68. The highest BCUT2D eigenvalue weighted by molar-refractivity contribution is 4.74. The normalized spacial score (nSPS) is 20.2. The average molecular weight is 157 g/mol. The Morgan fingerprint density at radius 2 is 2.27 bits per heavy atom. The lowest BCUT2D eigenvalue weighted by atomic mass is 10.3. The molecule has 1 unspecified atom stereocenters. The van der Waals surface area contributed by atoms with Crippen LogP contribution in [0, 0.1) is 6.61 Å². The van der Waals surface area contributed by atoms with Gasteiger partial charge in [0.1, 0.15) is 0 Å². The van der Waals surface area contributed by atoms with Gasteiger partial charge in [-0.3, -0.25) is 0 Å². The van der Waals surface area contributed by atoms with E-state index in [1.165, 1.54) is 12.8 Å². The van der Waals surface area contributed by atoms with Crippen molar-refractivity contribution < 1.29 is 9.47 Å². The van der Waals surface area contributed by atoms with E-state index in [9.17, 15) is 0 Å². The van der Waals surface area contributed by atoms with Gasteiger partial charge in [-0.05, 0) is 26.2 Å². The van der Waals surface area contributed by atoms with E-state index >= 15 is 0 Å². The van der Waals surface area contributed by atoms with Crippen LogP contribution in [-0.4, -0.2) is 12.4 Å². The minimum atomic E-state index is 0.0116. The van der Waals surface area contributed by atoms with Gasteiger partial charge < -0.3 is 9.47 Å². The van der Waals surface area contributed by atoms with Crippen LogP contribution in [0.5, 0.6) is 0 Å². The molecule has 0 amide bonds. The minimum absolute atomic E-state index is 0.0116. The average Bonchev–Trinajstić information content (AvgIpc) is 2.73. The quantitative estimate of drug-likeness (QED) is 0.551. The summed E-state index contributed by atoms with van der Waals surface area (Å²) in [6.45, 7) is 5.74. The summed E-state index contributed by atoms with van der Waals surface area (Å²) < 4.78 is 10.9. The van der Waals surface area contributed by atoms with Crippen LogP contribution in [-0.2, 0) is 9.47 Å². The first-order valence-corrected chi connectivity index (χ1v) is 4.45. The zero-order chi connectivity index (χ0) is 8.10. The fraction of sp³-hybridized carbons (Fsp3) is 0.889. The molecule has 0 saturated heterocycles. The number of hydrogen-bond donors (Lipinski definition) is 0. The van der Waals surface area contributed by atoms with Gasteiger partial charge in [-0.25, -0.2) is 0 Å². The first-order chi connectivity index (χ1) is 5.36. The first kappa shape index (κ1) is 9.01. The largest absolute Gasteiger partial charge is 0.349 e. The van der Waals surface area contributed by atoms with Crippen LogP contribution >= 0.6 is 0 Å². The monoisotopic (exact) mass is 157 g/mol. The lowest BCUT2D eigenvalue weighted by Gasteiger charge is -2.15. The van der Waals surface area contributed by atoms with Crippen LogP contribution in [0.1, 0.15) is 39.5 Å². The lowest BCUT2D eigenvalue weighted by Crippen LogP contribution is -2.16. The highest BCUT2D eigenvalue weighted by atomic mass is 16.7. The van der Waals surface area contributed by atoms with Crippen LogP contribution < -0.4 is 0 Å². The fourth-order valence-electron chi connectivity index (χ4n) is 0.974. The van der Waals surface area contributed by atoms with Crippen LogP contribution in [0.2, 0.25) is 0 Å². The summed E-state index contributed by atoms with van der Waals surface area (Å²) in [7, 11) is 0. The van der Waals surface area contributed by atoms with Crippen molar-refractivity contribution in [3.63, 3.8) is 0 Å². The summed E-state index contributed by atoms with van der Waals surface area (Å²) in [5.41, 5.74) is 0. The molecule has 1 atom stereocenters. The molecule has 0 aromatic heterocycles. The van der Waals surface area contributed by atoms with Crippen molar-refractivity contribution in [1.29, 1.82) is 0 Å². The molecule has 0 spiro atoms. The maximum absolute atomic E-state index is 5.59. The second-order valence-electron chi connectivity index (χ2n) is 2.93. The highest BCUT2D eigenvalue weighted by Crippen LogP contribution is 2.26. The van der Waals surface area contributed by atoms with E-state index in [1.807, 2.05) is 6.92 Å². The highest BCUT2D eigenvalue weighted by Gasteiger charge is 2.25. The van der Waals surface area contributed by atoms with Crippen molar-refractivity contribution in [3.8, 4) is 0 Å². The summed E-state index contributed by atoms with van der Waals surface area (Å²) in [4.78, 5) is 0. The molecule has 0 bridgehead atoms. The molecule has 1 fully saturated rings. The van der Waals surface area contributed by atoms with Gasteiger partial charge in [0.05, 0.1) is 12.7 Å².